The van der Waals surface area contributed by atoms with Crippen molar-refractivity contribution in [3.63, 3.8) is 0 Å². The van der Waals surface area contributed by atoms with E-state index < -0.39 is 15.4 Å². The van der Waals surface area contributed by atoms with Gasteiger partial charge in [-0.05, 0) is 48.9 Å². The normalized spacial score (nSPS) is 36.8. The van der Waals surface area contributed by atoms with Crippen molar-refractivity contribution < 1.29 is 18.3 Å². The van der Waals surface area contributed by atoms with Crippen LogP contribution in [-0.4, -0.2) is 30.6 Å². The second-order valence-corrected chi connectivity index (χ2v) is 9.14. The summed E-state index contributed by atoms with van der Waals surface area (Å²) >= 11 is 0. The third kappa shape index (κ3) is 2.01. The maximum absolute atomic E-state index is 12.4. The average Bonchev–Trinajstić information content (AvgIpc) is 2.88. The molecule has 2 saturated heterocycles. The third-order valence-electron chi connectivity index (χ3n) is 5.34. The number of hydrogen-bond acceptors (Lipinski definition) is 4. The summed E-state index contributed by atoms with van der Waals surface area (Å²) in [4.78, 5) is 0. The van der Waals surface area contributed by atoms with Crippen LogP contribution < -0.4 is 4.74 Å². The molecule has 0 radical (unpaired) electrons. The van der Waals surface area contributed by atoms with Gasteiger partial charge in [0.25, 0.3) is 0 Å². The molecule has 2 bridgehead atoms. The standard InChI is InChI=1S/C16H20O4S/c17-16(12-4-5-15-11(8-12)6-7-20-15)9-13-2-1-3-14(10-16)21(13,18)19/h4-5,8,13-14,17H,1-3,6-7,9-10H2. The van der Waals surface area contributed by atoms with E-state index in [-0.39, 0.29) is 10.5 Å². The Morgan fingerprint density at radius 3 is 2.62 bits per heavy atom. The summed E-state index contributed by atoms with van der Waals surface area (Å²) in [5, 5.41) is 10.4. The molecular weight excluding hydrogens is 288 g/mol. The largest absolute Gasteiger partial charge is 0.493 e. The molecule has 3 heterocycles. The molecule has 2 fully saturated rings. The summed E-state index contributed by atoms with van der Waals surface area (Å²) in [6.07, 6.45) is 3.88. The molecule has 1 N–H and O–H groups in total. The monoisotopic (exact) mass is 308 g/mol. The van der Waals surface area contributed by atoms with Crippen LogP contribution >= 0.6 is 0 Å². The molecule has 1 aromatic rings. The molecule has 3 aliphatic heterocycles. The number of sulfone groups is 1. The van der Waals surface area contributed by atoms with Gasteiger partial charge in [-0.1, -0.05) is 12.5 Å². The molecule has 0 aromatic heterocycles. The van der Waals surface area contributed by atoms with Gasteiger partial charge in [0.15, 0.2) is 9.84 Å². The zero-order valence-electron chi connectivity index (χ0n) is 11.9. The van der Waals surface area contributed by atoms with E-state index in [0.717, 1.165) is 29.7 Å². The summed E-state index contributed by atoms with van der Waals surface area (Å²) in [5.74, 6) is 0.894. The summed E-state index contributed by atoms with van der Waals surface area (Å²) < 4.78 is 30.2. The van der Waals surface area contributed by atoms with Gasteiger partial charge in [-0.3, -0.25) is 0 Å². The second-order valence-electron chi connectivity index (χ2n) is 6.62. The van der Waals surface area contributed by atoms with E-state index in [9.17, 15) is 13.5 Å². The Bertz CT molecular complexity index is 660. The quantitative estimate of drug-likeness (QED) is 0.861. The van der Waals surface area contributed by atoms with Crippen molar-refractivity contribution in [1.29, 1.82) is 0 Å². The first-order valence-corrected chi connectivity index (χ1v) is 9.31. The molecule has 0 saturated carbocycles. The van der Waals surface area contributed by atoms with Gasteiger partial charge >= 0.3 is 0 Å². The van der Waals surface area contributed by atoms with E-state index in [1.807, 2.05) is 18.2 Å². The highest BCUT2D eigenvalue weighted by molar-refractivity contribution is 7.92. The van der Waals surface area contributed by atoms with Gasteiger partial charge in [-0.25, -0.2) is 8.42 Å². The van der Waals surface area contributed by atoms with Gasteiger partial charge in [-0.15, -0.1) is 0 Å². The molecule has 21 heavy (non-hydrogen) atoms. The minimum absolute atomic E-state index is 0.339. The predicted molar refractivity (Wildman–Crippen MR) is 79.1 cm³/mol. The highest BCUT2D eigenvalue weighted by Crippen LogP contribution is 2.46. The Balaban J connectivity index is 1.72. The molecule has 2 unspecified atom stereocenters. The molecule has 1 aromatic carbocycles. The highest BCUT2D eigenvalue weighted by Gasteiger charge is 2.51. The van der Waals surface area contributed by atoms with Crippen LogP contribution in [0, 0.1) is 0 Å². The van der Waals surface area contributed by atoms with Gasteiger partial charge in [0.2, 0.25) is 0 Å². The van der Waals surface area contributed by atoms with Crippen LogP contribution in [-0.2, 0) is 21.9 Å². The lowest BCUT2D eigenvalue weighted by atomic mass is 9.80. The predicted octanol–water partition coefficient (Wildman–Crippen LogP) is 1.94. The minimum atomic E-state index is -3.04. The summed E-state index contributed by atoms with van der Waals surface area (Å²) in [6, 6.07) is 5.82. The van der Waals surface area contributed by atoms with Crippen molar-refractivity contribution in [2.24, 2.45) is 0 Å². The highest BCUT2D eigenvalue weighted by atomic mass is 32.2. The van der Waals surface area contributed by atoms with Crippen LogP contribution in [0.25, 0.3) is 0 Å². The molecule has 5 heteroatoms. The molecular formula is C16H20O4S. The lowest BCUT2D eigenvalue weighted by Crippen LogP contribution is -2.50. The Morgan fingerprint density at radius 1 is 1.19 bits per heavy atom. The van der Waals surface area contributed by atoms with Crippen molar-refractivity contribution in [3.05, 3.63) is 29.3 Å². The van der Waals surface area contributed by atoms with E-state index in [4.69, 9.17) is 4.74 Å². The van der Waals surface area contributed by atoms with E-state index >= 15 is 0 Å². The first-order chi connectivity index (χ1) is 9.99. The zero-order valence-corrected chi connectivity index (χ0v) is 12.7. The summed E-state index contributed by atoms with van der Waals surface area (Å²) in [5.41, 5.74) is 0.983. The molecule has 2 atom stereocenters. The van der Waals surface area contributed by atoms with Gasteiger partial charge in [0, 0.05) is 6.42 Å². The average molecular weight is 308 g/mol. The van der Waals surface area contributed by atoms with Crippen LogP contribution in [0.5, 0.6) is 5.75 Å². The van der Waals surface area contributed by atoms with Crippen LogP contribution in [0.15, 0.2) is 18.2 Å². The van der Waals surface area contributed by atoms with Gasteiger partial charge in [0.05, 0.1) is 22.7 Å². The molecule has 0 aliphatic carbocycles. The number of fused-ring (bicyclic) bond motifs is 3. The van der Waals surface area contributed by atoms with Crippen molar-refractivity contribution in [1.82, 2.24) is 0 Å². The number of hydrogen-bond donors (Lipinski definition) is 1. The second kappa shape index (κ2) is 4.46. The van der Waals surface area contributed by atoms with E-state index in [2.05, 4.69) is 0 Å². The van der Waals surface area contributed by atoms with Crippen LogP contribution in [0.1, 0.15) is 43.2 Å². The van der Waals surface area contributed by atoms with Gasteiger partial charge in [-0.2, -0.15) is 0 Å². The number of benzene rings is 1. The summed E-state index contributed by atoms with van der Waals surface area (Å²) in [6.45, 7) is 0.691. The number of ether oxygens (including phenoxy) is 1. The Hall–Kier alpha value is -1.07. The zero-order chi connectivity index (χ0) is 14.7. The first-order valence-electron chi connectivity index (χ1n) is 7.70. The van der Waals surface area contributed by atoms with Crippen molar-refractivity contribution >= 4 is 9.84 Å². The van der Waals surface area contributed by atoms with Crippen LogP contribution in [0.4, 0.5) is 0 Å². The van der Waals surface area contributed by atoms with E-state index in [1.165, 1.54) is 0 Å². The minimum Gasteiger partial charge on any atom is -0.493 e. The lowest BCUT2D eigenvalue weighted by Gasteiger charge is -2.44. The molecule has 4 rings (SSSR count). The first kappa shape index (κ1) is 13.6. The topological polar surface area (TPSA) is 63.6 Å². The maximum Gasteiger partial charge on any atom is 0.156 e. The fraction of sp³-hybridized carbons (Fsp3) is 0.625. The van der Waals surface area contributed by atoms with Gasteiger partial charge < -0.3 is 9.84 Å². The number of rotatable bonds is 1. The SMILES string of the molecule is O=S1(=O)C2CCCC1CC(O)(c1ccc3c(c1)CCO3)C2. The molecule has 0 spiro atoms. The number of aliphatic hydroxyl groups is 1. The Labute approximate surface area is 125 Å². The van der Waals surface area contributed by atoms with Crippen LogP contribution in [0.2, 0.25) is 0 Å². The molecule has 4 nitrogen and oxygen atoms in total. The Morgan fingerprint density at radius 2 is 1.90 bits per heavy atom. The smallest absolute Gasteiger partial charge is 0.156 e. The van der Waals surface area contributed by atoms with Crippen molar-refractivity contribution in [2.45, 2.75) is 54.6 Å². The lowest BCUT2D eigenvalue weighted by molar-refractivity contribution is 0.00495. The van der Waals surface area contributed by atoms with Gasteiger partial charge in [0.1, 0.15) is 5.75 Å². The molecule has 114 valence electrons. The van der Waals surface area contributed by atoms with Crippen molar-refractivity contribution in [3.8, 4) is 5.75 Å². The van der Waals surface area contributed by atoms with E-state index in [1.54, 1.807) is 0 Å². The fourth-order valence-corrected chi connectivity index (χ4v) is 6.71. The molecule has 3 aliphatic rings. The van der Waals surface area contributed by atoms with Crippen LogP contribution in [0.3, 0.4) is 0 Å². The maximum atomic E-state index is 12.4. The Kier molecular flexibility index (Phi) is 2.89. The van der Waals surface area contributed by atoms with Crippen molar-refractivity contribution in [2.75, 3.05) is 6.61 Å². The summed E-state index contributed by atoms with van der Waals surface area (Å²) in [7, 11) is -3.04. The molecule has 0 amide bonds. The van der Waals surface area contributed by atoms with E-state index in [0.29, 0.717) is 32.3 Å². The fourth-order valence-electron chi connectivity index (χ4n) is 4.16. The third-order valence-corrected chi connectivity index (χ3v) is 8.00.